The minimum atomic E-state index is 0.365. The van der Waals surface area contributed by atoms with E-state index < -0.39 is 0 Å². The number of hydrogen-bond acceptors (Lipinski definition) is 2. The molecule has 0 N–H and O–H groups in total. The lowest BCUT2D eigenvalue weighted by Crippen LogP contribution is -2.48. The second kappa shape index (κ2) is 3.41. The van der Waals surface area contributed by atoms with Gasteiger partial charge in [0.05, 0.1) is 0 Å². The fourth-order valence-corrected chi connectivity index (χ4v) is 3.42. The molecule has 84 valence electrons. The van der Waals surface area contributed by atoms with Gasteiger partial charge < -0.3 is 0 Å². The molecule has 3 rings (SSSR count). The van der Waals surface area contributed by atoms with Crippen LogP contribution < -0.4 is 0 Å². The Hall–Kier alpha value is -1.18. The van der Waals surface area contributed by atoms with Crippen LogP contribution in [0, 0.1) is 11.3 Å². The first-order valence-corrected chi connectivity index (χ1v) is 6.10. The van der Waals surface area contributed by atoms with Gasteiger partial charge in [-0.15, -0.1) is 0 Å². The smallest absolute Gasteiger partial charge is 0.132 e. The van der Waals surface area contributed by atoms with Gasteiger partial charge in [-0.05, 0) is 50.2 Å². The predicted octanol–water partition coefficient (Wildman–Crippen LogP) is 2.94. The van der Waals surface area contributed by atoms with E-state index in [0.717, 1.165) is 12.8 Å². The van der Waals surface area contributed by atoms with Crippen molar-refractivity contribution in [3.8, 4) is 0 Å². The summed E-state index contributed by atoms with van der Waals surface area (Å²) < 4.78 is 0. The molecule has 0 amide bonds. The van der Waals surface area contributed by atoms with Crippen molar-refractivity contribution in [3.63, 3.8) is 0 Å². The third-order valence-corrected chi connectivity index (χ3v) is 4.40. The van der Waals surface area contributed by atoms with Crippen LogP contribution in [0.25, 0.3) is 0 Å². The molecule has 0 aromatic carbocycles. The molecule has 2 aliphatic carbocycles. The Morgan fingerprint density at radius 2 is 2.06 bits per heavy atom. The molecule has 1 aromatic rings. The van der Waals surface area contributed by atoms with Crippen LogP contribution in [0.15, 0.2) is 24.4 Å². The lowest BCUT2D eigenvalue weighted by molar-refractivity contribution is -0.133. The third-order valence-electron chi connectivity index (χ3n) is 4.40. The van der Waals surface area contributed by atoms with E-state index in [1.54, 1.807) is 6.92 Å². The summed E-state index contributed by atoms with van der Waals surface area (Å²) in [5.74, 6) is 1.39. The van der Waals surface area contributed by atoms with Crippen molar-refractivity contribution in [1.29, 1.82) is 0 Å². The molecule has 2 fully saturated rings. The van der Waals surface area contributed by atoms with E-state index in [0.29, 0.717) is 23.0 Å². The molecule has 0 bridgehead atoms. The van der Waals surface area contributed by atoms with Crippen molar-refractivity contribution in [2.45, 2.75) is 38.5 Å². The van der Waals surface area contributed by atoms with Crippen molar-refractivity contribution in [3.05, 3.63) is 30.1 Å². The number of pyridine rings is 1. The number of ketones is 1. The van der Waals surface area contributed by atoms with Gasteiger partial charge in [0, 0.05) is 23.7 Å². The molecular formula is C14H17NO. The number of carbonyl (C=O) groups is 1. The summed E-state index contributed by atoms with van der Waals surface area (Å²) in [6.07, 6.45) is 6.62. The summed E-state index contributed by atoms with van der Waals surface area (Å²) in [7, 11) is 0. The lowest BCUT2D eigenvalue weighted by atomic mass is 9.47. The fourth-order valence-electron chi connectivity index (χ4n) is 3.42. The molecule has 16 heavy (non-hydrogen) atoms. The fraction of sp³-hybridized carbons (Fsp3) is 0.571. The van der Waals surface area contributed by atoms with Crippen molar-refractivity contribution >= 4 is 5.78 Å². The van der Waals surface area contributed by atoms with Gasteiger partial charge in [0.2, 0.25) is 0 Å². The van der Waals surface area contributed by atoms with Crippen LogP contribution in [0.1, 0.15) is 44.2 Å². The number of nitrogens with zero attached hydrogens (tertiary/aromatic N) is 1. The lowest BCUT2D eigenvalue weighted by Gasteiger charge is -2.57. The largest absolute Gasteiger partial charge is 0.300 e. The second-order valence-electron chi connectivity index (χ2n) is 5.58. The van der Waals surface area contributed by atoms with Gasteiger partial charge >= 0.3 is 0 Å². The normalized spacial score (nSPS) is 36.6. The van der Waals surface area contributed by atoms with E-state index in [2.05, 4.69) is 17.1 Å². The molecule has 1 heterocycles. The quantitative estimate of drug-likeness (QED) is 0.759. The van der Waals surface area contributed by atoms with Crippen molar-refractivity contribution < 1.29 is 4.79 Å². The van der Waals surface area contributed by atoms with Crippen molar-refractivity contribution in [1.82, 2.24) is 4.98 Å². The Morgan fingerprint density at radius 1 is 1.31 bits per heavy atom. The van der Waals surface area contributed by atoms with E-state index in [9.17, 15) is 4.79 Å². The molecule has 0 radical (unpaired) electrons. The van der Waals surface area contributed by atoms with E-state index in [4.69, 9.17) is 0 Å². The summed E-state index contributed by atoms with van der Waals surface area (Å²) in [6.45, 7) is 1.73. The van der Waals surface area contributed by atoms with Crippen LogP contribution in [0.5, 0.6) is 0 Å². The third kappa shape index (κ3) is 1.48. The predicted molar refractivity (Wildman–Crippen MR) is 62.1 cm³/mol. The molecule has 2 saturated carbocycles. The highest BCUT2D eigenvalue weighted by Gasteiger charge is 2.54. The van der Waals surface area contributed by atoms with Crippen molar-refractivity contribution in [2.24, 2.45) is 11.3 Å². The zero-order valence-electron chi connectivity index (χ0n) is 9.65. The Kier molecular flexibility index (Phi) is 2.13. The molecule has 2 aliphatic rings. The summed E-state index contributed by atoms with van der Waals surface area (Å²) >= 11 is 0. The van der Waals surface area contributed by atoms with E-state index in [-0.39, 0.29) is 0 Å². The minimum absolute atomic E-state index is 0.365. The SMILES string of the molecule is CC(=O)C1CC2(C1)CC(c1ccccn1)C2. The van der Waals surface area contributed by atoms with Crippen LogP contribution in [0.4, 0.5) is 0 Å². The van der Waals surface area contributed by atoms with Gasteiger partial charge in [-0.25, -0.2) is 0 Å². The first kappa shape index (κ1) is 10.0. The van der Waals surface area contributed by atoms with Crippen LogP contribution in [0.3, 0.4) is 0 Å². The molecule has 0 saturated heterocycles. The highest BCUT2D eigenvalue weighted by Crippen LogP contribution is 2.63. The number of aromatic nitrogens is 1. The van der Waals surface area contributed by atoms with Gasteiger partial charge in [-0.2, -0.15) is 0 Å². The average molecular weight is 215 g/mol. The Morgan fingerprint density at radius 3 is 2.62 bits per heavy atom. The number of rotatable bonds is 2. The van der Waals surface area contributed by atoms with Crippen LogP contribution >= 0.6 is 0 Å². The molecule has 1 spiro atoms. The highest BCUT2D eigenvalue weighted by atomic mass is 16.1. The van der Waals surface area contributed by atoms with Crippen LogP contribution in [-0.2, 0) is 4.79 Å². The zero-order valence-corrected chi connectivity index (χ0v) is 9.65. The molecule has 1 aromatic heterocycles. The van der Waals surface area contributed by atoms with E-state index in [1.165, 1.54) is 18.5 Å². The Balaban J connectivity index is 1.59. The van der Waals surface area contributed by atoms with Gasteiger partial charge in [0.15, 0.2) is 0 Å². The summed E-state index contributed by atoms with van der Waals surface area (Å²) in [6, 6.07) is 6.15. The standard InChI is InChI=1S/C14H17NO/c1-10(16)11-6-14(7-11)8-12(9-14)13-4-2-3-5-15-13/h2-5,11-12H,6-9H2,1H3. The first-order chi connectivity index (χ1) is 7.69. The van der Waals surface area contributed by atoms with Crippen molar-refractivity contribution in [2.75, 3.05) is 0 Å². The van der Waals surface area contributed by atoms with Gasteiger partial charge in [-0.1, -0.05) is 6.07 Å². The van der Waals surface area contributed by atoms with Gasteiger partial charge in [-0.3, -0.25) is 9.78 Å². The molecule has 0 unspecified atom stereocenters. The molecule has 2 heteroatoms. The van der Waals surface area contributed by atoms with E-state index in [1.807, 2.05) is 12.3 Å². The van der Waals surface area contributed by atoms with E-state index >= 15 is 0 Å². The summed E-state index contributed by atoms with van der Waals surface area (Å²) in [5, 5.41) is 0. The Labute approximate surface area is 96.1 Å². The summed E-state index contributed by atoms with van der Waals surface area (Å²) in [5.41, 5.74) is 1.75. The van der Waals surface area contributed by atoms with Gasteiger partial charge in [0.1, 0.15) is 5.78 Å². The van der Waals surface area contributed by atoms with Crippen LogP contribution in [0.2, 0.25) is 0 Å². The number of Topliss-reactive ketones (excluding diaryl/α,β-unsaturated/α-hetero) is 1. The zero-order chi connectivity index (χ0) is 11.2. The molecule has 0 aliphatic heterocycles. The van der Waals surface area contributed by atoms with Crippen LogP contribution in [-0.4, -0.2) is 10.8 Å². The maximum atomic E-state index is 11.2. The number of hydrogen-bond donors (Lipinski definition) is 0. The Bertz CT molecular complexity index is 398. The summed E-state index contributed by atoms with van der Waals surface area (Å²) in [4.78, 5) is 15.6. The topological polar surface area (TPSA) is 30.0 Å². The monoisotopic (exact) mass is 215 g/mol. The number of carbonyl (C=O) groups excluding carboxylic acids is 1. The minimum Gasteiger partial charge on any atom is -0.300 e. The molecule has 2 nitrogen and oxygen atoms in total. The maximum absolute atomic E-state index is 11.2. The maximum Gasteiger partial charge on any atom is 0.132 e. The molecular weight excluding hydrogens is 198 g/mol. The average Bonchev–Trinajstić information content (AvgIpc) is 2.14. The molecule has 0 atom stereocenters. The first-order valence-electron chi connectivity index (χ1n) is 6.10. The highest BCUT2D eigenvalue weighted by molar-refractivity contribution is 5.79. The van der Waals surface area contributed by atoms with Gasteiger partial charge in [0.25, 0.3) is 0 Å². The second-order valence-corrected chi connectivity index (χ2v) is 5.58.